The number of ether oxygens (including phenoxy) is 2. The van der Waals surface area contributed by atoms with Gasteiger partial charge < -0.3 is 19.7 Å². The van der Waals surface area contributed by atoms with Gasteiger partial charge in [0.2, 0.25) is 0 Å². The number of nitrogens with zero attached hydrogens (tertiary/aromatic N) is 3. The minimum Gasteiger partial charge on any atom is -0.493 e. The SMILES string of the molecule is CCOc1cc(CNc2nc(C)nc3c2CCN(C)CC3)ccc1OC. The first-order valence-corrected chi connectivity index (χ1v) is 9.19. The Hall–Kier alpha value is -2.34. The number of aromatic nitrogens is 2. The number of rotatable bonds is 6. The predicted molar refractivity (Wildman–Crippen MR) is 103 cm³/mol. The normalized spacial score (nSPS) is 14.5. The Bertz CT molecular complexity index is 764. The van der Waals surface area contributed by atoms with Gasteiger partial charge in [-0.05, 0) is 45.0 Å². The number of benzene rings is 1. The third-order valence-electron chi connectivity index (χ3n) is 4.67. The lowest BCUT2D eigenvalue weighted by Gasteiger charge is -2.15. The predicted octanol–water partition coefficient (Wildman–Crippen LogP) is 2.83. The van der Waals surface area contributed by atoms with Gasteiger partial charge in [-0.1, -0.05) is 6.07 Å². The molecule has 1 aromatic carbocycles. The van der Waals surface area contributed by atoms with Crippen LogP contribution in [0.25, 0.3) is 0 Å². The van der Waals surface area contributed by atoms with E-state index in [1.807, 2.05) is 26.0 Å². The Balaban J connectivity index is 1.80. The minimum absolute atomic E-state index is 0.610. The van der Waals surface area contributed by atoms with Crippen LogP contribution >= 0.6 is 0 Å². The summed E-state index contributed by atoms with van der Waals surface area (Å²) in [6.07, 6.45) is 1.95. The van der Waals surface area contributed by atoms with Crippen LogP contribution in [0, 0.1) is 6.92 Å². The van der Waals surface area contributed by atoms with Crippen molar-refractivity contribution >= 4 is 5.82 Å². The van der Waals surface area contributed by atoms with Gasteiger partial charge in [0.25, 0.3) is 0 Å². The second-order valence-corrected chi connectivity index (χ2v) is 6.62. The van der Waals surface area contributed by atoms with E-state index in [2.05, 4.69) is 33.3 Å². The van der Waals surface area contributed by atoms with Crippen LogP contribution in [0.2, 0.25) is 0 Å². The molecule has 2 aromatic rings. The molecule has 0 aliphatic carbocycles. The number of anilines is 1. The van der Waals surface area contributed by atoms with Gasteiger partial charge in [0, 0.05) is 31.6 Å². The molecule has 0 saturated carbocycles. The second-order valence-electron chi connectivity index (χ2n) is 6.62. The molecule has 140 valence electrons. The van der Waals surface area contributed by atoms with Crippen molar-refractivity contribution in [1.82, 2.24) is 14.9 Å². The fraction of sp³-hybridized carbons (Fsp3) is 0.500. The molecule has 3 rings (SSSR count). The topological polar surface area (TPSA) is 59.5 Å². The molecule has 1 N–H and O–H groups in total. The van der Waals surface area contributed by atoms with Gasteiger partial charge in [0.1, 0.15) is 11.6 Å². The summed E-state index contributed by atoms with van der Waals surface area (Å²) in [5, 5.41) is 3.51. The van der Waals surface area contributed by atoms with Crippen molar-refractivity contribution in [3.05, 3.63) is 40.8 Å². The Morgan fingerprint density at radius 3 is 2.73 bits per heavy atom. The number of likely N-dealkylation sites (N-methyl/N-ethyl adjacent to an activating group) is 1. The number of hydrogen-bond donors (Lipinski definition) is 1. The highest BCUT2D eigenvalue weighted by Crippen LogP contribution is 2.29. The molecule has 1 aromatic heterocycles. The maximum atomic E-state index is 5.67. The van der Waals surface area contributed by atoms with Gasteiger partial charge in [-0.2, -0.15) is 0 Å². The summed E-state index contributed by atoms with van der Waals surface area (Å²) in [7, 11) is 3.82. The average molecular weight is 356 g/mol. The molecule has 0 atom stereocenters. The van der Waals surface area contributed by atoms with Gasteiger partial charge >= 0.3 is 0 Å². The molecule has 2 heterocycles. The fourth-order valence-electron chi connectivity index (χ4n) is 3.27. The molecular weight excluding hydrogens is 328 g/mol. The molecule has 0 fully saturated rings. The molecule has 0 spiro atoms. The summed E-state index contributed by atoms with van der Waals surface area (Å²) < 4.78 is 11.0. The van der Waals surface area contributed by atoms with Crippen LogP contribution in [0.15, 0.2) is 18.2 Å². The summed E-state index contributed by atoms with van der Waals surface area (Å²) in [6, 6.07) is 6.02. The molecule has 0 radical (unpaired) electrons. The molecule has 6 nitrogen and oxygen atoms in total. The molecule has 0 saturated heterocycles. The van der Waals surface area contributed by atoms with Gasteiger partial charge in [0.15, 0.2) is 11.5 Å². The van der Waals surface area contributed by atoms with E-state index >= 15 is 0 Å². The Morgan fingerprint density at radius 2 is 1.96 bits per heavy atom. The lowest BCUT2D eigenvalue weighted by molar-refractivity contribution is 0.310. The lowest BCUT2D eigenvalue weighted by atomic mass is 10.1. The first-order chi connectivity index (χ1) is 12.6. The van der Waals surface area contributed by atoms with Crippen LogP contribution in [-0.2, 0) is 19.4 Å². The van der Waals surface area contributed by atoms with E-state index in [4.69, 9.17) is 9.47 Å². The van der Waals surface area contributed by atoms with E-state index in [-0.39, 0.29) is 0 Å². The number of nitrogens with one attached hydrogen (secondary N) is 1. The Kier molecular flexibility index (Phi) is 5.93. The zero-order valence-corrected chi connectivity index (χ0v) is 16.1. The maximum absolute atomic E-state index is 5.67. The zero-order chi connectivity index (χ0) is 18.5. The second kappa shape index (κ2) is 8.36. The quantitative estimate of drug-likeness (QED) is 0.859. The Labute approximate surface area is 155 Å². The van der Waals surface area contributed by atoms with Gasteiger partial charge in [0.05, 0.1) is 19.4 Å². The summed E-state index contributed by atoms with van der Waals surface area (Å²) in [5.41, 5.74) is 3.55. The molecule has 6 heteroatoms. The molecule has 0 unspecified atom stereocenters. The van der Waals surface area contributed by atoms with E-state index < -0.39 is 0 Å². The van der Waals surface area contributed by atoms with Crippen molar-refractivity contribution in [3.63, 3.8) is 0 Å². The van der Waals surface area contributed by atoms with E-state index in [0.29, 0.717) is 13.2 Å². The number of aryl methyl sites for hydroxylation is 1. The molecule has 1 aliphatic rings. The zero-order valence-electron chi connectivity index (χ0n) is 16.1. The highest BCUT2D eigenvalue weighted by Gasteiger charge is 2.17. The van der Waals surface area contributed by atoms with Crippen LogP contribution in [-0.4, -0.2) is 48.7 Å². The van der Waals surface area contributed by atoms with Gasteiger partial charge in [-0.15, -0.1) is 0 Å². The molecule has 0 amide bonds. The van der Waals surface area contributed by atoms with Gasteiger partial charge in [-0.25, -0.2) is 9.97 Å². The van der Waals surface area contributed by atoms with E-state index in [9.17, 15) is 0 Å². The van der Waals surface area contributed by atoms with Crippen LogP contribution in [0.1, 0.15) is 29.6 Å². The van der Waals surface area contributed by atoms with Crippen molar-refractivity contribution < 1.29 is 9.47 Å². The monoisotopic (exact) mass is 356 g/mol. The van der Waals surface area contributed by atoms with Crippen molar-refractivity contribution in [1.29, 1.82) is 0 Å². The summed E-state index contributed by atoms with van der Waals surface area (Å²) in [6.45, 7) is 7.30. The summed E-state index contributed by atoms with van der Waals surface area (Å²) in [5.74, 6) is 3.30. The van der Waals surface area contributed by atoms with Crippen molar-refractivity contribution in [3.8, 4) is 11.5 Å². The van der Waals surface area contributed by atoms with E-state index in [0.717, 1.165) is 54.6 Å². The maximum Gasteiger partial charge on any atom is 0.161 e. The molecule has 0 bridgehead atoms. The van der Waals surface area contributed by atoms with Crippen LogP contribution in [0.3, 0.4) is 0 Å². The molecular formula is C20H28N4O2. The highest BCUT2D eigenvalue weighted by molar-refractivity contribution is 5.49. The minimum atomic E-state index is 0.610. The number of fused-ring (bicyclic) bond motifs is 1. The van der Waals surface area contributed by atoms with Crippen LogP contribution in [0.4, 0.5) is 5.82 Å². The van der Waals surface area contributed by atoms with Crippen LogP contribution in [0.5, 0.6) is 11.5 Å². The summed E-state index contributed by atoms with van der Waals surface area (Å²) in [4.78, 5) is 11.7. The average Bonchev–Trinajstić information content (AvgIpc) is 2.82. The first kappa shape index (κ1) is 18.5. The summed E-state index contributed by atoms with van der Waals surface area (Å²) >= 11 is 0. The van der Waals surface area contributed by atoms with Crippen LogP contribution < -0.4 is 14.8 Å². The van der Waals surface area contributed by atoms with Crippen molar-refractivity contribution in [2.75, 3.05) is 39.2 Å². The van der Waals surface area contributed by atoms with E-state index in [1.54, 1.807) is 7.11 Å². The largest absolute Gasteiger partial charge is 0.493 e. The third-order valence-corrected chi connectivity index (χ3v) is 4.67. The first-order valence-electron chi connectivity index (χ1n) is 9.19. The molecule has 26 heavy (non-hydrogen) atoms. The standard InChI is InChI=1S/C20H28N4O2/c1-5-26-19-12-15(6-7-18(19)25-4)13-21-20-16-8-10-24(3)11-9-17(16)22-14(2)23-20/h6-7,12H,5,8-11,13H2,1-4H3,(H,21,22,23). The highest BCUT2D eigenvalue weighted by atomic mass is 16.5. The van der Waals surface area contributed by atoms with Gasteiger partial charge in [-0.3, -0.25) is 0 Å². The van der Waals surface area contributed by atoms with Crippen molar-refractivity contribution in [2.24, 2.45) is 0 Å². The number of methoxy groups -OCH3 is 1. The lowest BCUT2D eigenvalue weighted by Crippen LogP contribution is -2.20. The smallest absolute Gasteiger partial charge is 0.161 e. The third kappa shape index (κ3) is 4.25. The molecule has 1 aliphatic heterocycles. The number of hydrogen-bond acceptors (Lipinski definition) is 6. The Morgan fingerprint density at radius 1 is 1.15 bits per heavy atom. The van der Waals surface area contributed by atoms with E-state index in [1.165, 1.54) is 11.3 Å². The fourth-order valence-corrected chi connectivity index (χ4v) is 3.27. The van der Waals surface area contributed by atoms with Crippen molar-refractivity contribution in [2.45, 2.75) is 33.2 Å².